The molecule has 0 saturated carbocycles. The minimum absolute atomic E-state index is 0.908. The van der Waals surface area contributed by atoms with Crippen LogP contribution in [0.1, 0.15) is 0 Å². The maximum absolute atomic E-state index is 6.83. The normalized spacial score (nSPS) is 11.9. The summed E-state index contributed by atoms with van der Waals surface area (Å²) >= 11 is 0. The number of pyridine rings is 3. The molecule has 6 heterocycles. The molecule has 6 aromatic heterocycles. The fourth-order valence-corrected chi connectivity index (χ4v) is 23.3. The van der Waals surface area contributed by atoms with Crippen molar-refractivity contribution >= 4 is 206 Å². The molecule has 0 unspecified atom stereocenters. The number of aromatic nitrogens is 3. The van der Waals surface area contributed by atoms with Gasteiger partial charge in [-0.1, -0.05) is 425 Å². The van der Waals surface area contributed by atoms with Crippen LogP contribution in [0.3, 0.4) is 0 Å². The zero-order valence-corrected chi connectivity index (χ0v) is 78.5. The quantitative estimate of drug-likeness (QED) is 0.134. The first-order valence-electron chi connectivity index (χ1n) is 49.6. The summed E-state index contributed by atoms with van der Waals surface area (Å²) in [7, 11) is 0. The van der Waals surface area contributed by atoms with E-state index in [2.05, 4.69) is 491 Å². The van der Waals surface area contributed by atoms with Crippen molar-refractivity contribution in [1.82, 2.24) is 15.0 Å². The number of para-hydroxylation sites is 5. The van der Waals surface area contributed by atoms with Crippen molar-refractivity contribution < 1.29 is 13.3 Å². The Balaban J connectivity index is 0.000000104. The lowest BCUT2D eigenvalue weighted by Gasteiger charge is -2.16. The van der Waals surface area contributed by atoms with Crippen molar-refractivity contribution in [2.24, 2.45) is 0 Å². The van der Waals surface area contributed by atoms with Crippen LogP contribution in [0.15, 0.2) is 517 Å². The van der Waals surface area contributed by atoms with Crippen LogP contribution < -0.4 is 0 Å². The highest BCUT2D eigenvalue weighted by molar-refractivity contribution is 6.33. The predicted molar refractivity (Wildman–Crippen MR) is 611 cm³/mol. The maximum Gasteiger partial charge on any atom is 0.143 e. The highest BCUT2D eigenvalue weighted by atomic mass is 16.3. The first-order chi connectivity index (χ1) is 71.9. The SMILES string of the molecule is c1ccc(-c2nc3ccccc3c3c2cc(-c2ccc(-c4cc5ccccc5c5c4oc4ccc6ccccc6c45)cc2)c2ccccc23)cc1.c1ccc(-c2nc3ccccc3c3c2cc(-c2cccc(-c4cc5ccccc5c5c4oc4ccc6ccccc6c45)c2)c2ccccc23)cc1.c1ccc(-c2nc3ccccc3c3c2cc(-c2cccc(-c4cccc5c4oc4ccccc45)c2)c2ccccc23)cc1. The van der Waals surface area contributed by atoms with E-state index in [1.54, 1.807) is 0 Å². The first kappa shape index (κ1) is 82.8. The van der Waals surface area contributed by atoms with E-state index < -0.39 is 0 Å². The Bertz CT molecular complexity index is 10800. The molecule has 6 heteroatoms. The number of benzene rings is 25. The molecule has 0 saturated heterocycles. The van der Waals surface area contributed by atoms with E-state index in [1.807, 2.05) is 12.1 Å². The number of nitrogens with zero attached hydrogens (tertiary/aromatic N) is 3. The summed E-state index contributed by atoms with van der Waals surface area (Å²) in [5, 5.41) is 34.7. The summed E-state index contributed by atoms with van der Waals surface area (Å²) in [4.78, 5) is 15.7. The van der Waals surface area contributed by atoms with E-state index in [-0.39, 0.29) is 0 Å². The Morgan fingerprint density at radius 2 is 0.407 bits per heavy atom. The third-order valence-corrected chi connectivity index (χ3v) is 29.8. The Morgan fingerprint density at radius 1 is 0.124 bits per heavy atom. The molecule has 0 spiro atoms. The van der Waals surface area contributed by atoms with Crippen molar-refractivity contribution in [3.63, 3.8) is 0 Å². The molecule has 0 atom stereocenters. The summed E-state index contributed by atoms with van der Waals surface area (Å²) in [6, 6.07) is 180. The van der Waals surface area contributed by atoms with Gasteiger partial charge in [0.25, 0.3) is 0 Å². The largest absolute Gasteiger partial charge is 0.455 e. The summed E-state index contributed by atoms with van der Waals surface area (Å²) in [5.74, 6) is 0. The Kier molecular flexibility index (Phi) is 19.3. The third kappa shape index (κ3) is 13.6. The molecule has 0 bridgehead atoms. The molecule has 0 N–H and O–H groups in total. The number of furan rings is 3. The number of hydrogen-bond acceptors (Lipinski definition) is 6. The van der Waals surface area contributed by atoms with E-state index >= 15 is 0 Å². The van der Waals surface area contributed by atoms with Crippen molar-refractivity contribution in [1.29, 1.82) is 0 Å². The minimum Gasteiger partial charge on any atom is -0.455 e. The van der Waals surface area contributed by atoms with Gasteiger partial charge in [-0.15, -0.1) is 0 Å². The van der Waals surface area contributed by atoms with Gasteiger partial charge in [-0.3, -0.25) is 0 Å². The van der Waals surface area contributed by atoms with E-state index in [0.717, 1.165) is 161 Å². The highest BCUT2D eigenvalue weighted by Gasteiger charge is 2.27. The molecule has 6 nitrogen and oxygen atoms in total. The number of fused-ring (bicyclic) bond motifs is 32. The average molecular weight is 1840 g/mol. The van der Waals surface area contributed by atoms with E-state index in [4.69, 9.17) is 28.2 Å². The summed E-state index contributed by atoms with van der Waals surface area (Å²) in [5.41, 5.74) is 28.6. The highest BCUT2D eigenvalue weighted by Crippen LogP contribution is 2.52. The maximum atomic E-state index is 6.83. The lowest BCUT2D eigenvalue weighted by atomic mass is 9.88. The average Bonchev–Trinajstić information content (AvgIpc) is 1.62. The second-order valence-electron chi connectivity index (χ2n) is 37.9. The second-order valence-corrected chi connectivity index (χ2v) is 37.9. The minimum atomic E-state index is 0.908. The van der Waals surface area contributed by atoms with Crippen LogP contribution >= 0.6 is 0 Å². The molecule has 145 heavy (non-hydrogen) atoms. The van der Waals surface area contributed by atoms with Gasteiger partial charge in [0, 0.05) is 114 Å². The molecule has 25 aromatic carbocycles. The summed E-state index contributed by atoms with van der Waals surface area (Å²) in [6.07, 6.45) is 0. The predicted octanol–water partition coefficient (Wildman–Crippen LogP) is 38.9. The molecular weight excluding hydrogens is 1760 g/mol. The standard InChI is InChI=1S/2C49H29NO.C41H25NO/c1-2-14-31(15-3-1)48-42-29-40(37-21-8-9-22-38(37)45(42)39-23-10-11-24-43(39)50-48)32-17-12-18-33(27-32)41-28-34-16-5-7-20-36(34)47-46-35-19-6-4-13-30(35)25-26-44(46)51-49(41)47;1-2-13-33(14-3-1)48-42-29-40(37-18-8-9-19-38(37)45(42)39-20-10-11-21-43(39)50-48)31-22-24-32(25-23-31)41-28-34-15-5-7-17-36(34)47-46-35-16-6-4-12-30(35)26-27-44(46)51-49(41)47;1-2-12-26(13-3-1)40-36-25-35(30-16-4-5-18-32(30)39(36)34-19-6-8-22-37(34)42-40)28-15-10-14-27(24-28)29-20-11-21-33-31-17-7-9-23-38(31)43-41(29)33/h2*1-29H;1-25H. The lowest BCUT2D eigenvalue weighted by Crippen LogP contribution is -1.93. The van der Waals surface area contributed by atoms with Crippen LogP contribution in [0.4, 0.5) is 0 Å². The molecule has 31 rings (SSSR count). The van der Waals surface area contributed by atoms with Gasteiger partial charge < -0.3 is 13.3 Å². The molecule has 0 radical (unpaired) electrons. The molecule has 0 amide bonds. The first-order valence-corrected chi connectivity index (χ1v) is 49.6. The molecular formula is C139H83N3O3. The van der Waals surface area contributed by atoms with Gasteiger partial charge in [0.2, 0.25) is 0 Å². The molecule has 0 aliphatic heterocycles. The van der Waals surface area contributed by atoms with Crippen molar-refractivity contribution in [3.8, 4) is 101 Å². The van der Waals surface area contributed by atoms with Gasteiger partial charge in [0.15, 0.2) is 0 Å². The molecule has 0 fully saturated rings. The molecule has 672 valence electrons. The fourth-order valence-electron chi connectivity index (χ4n) is 23.3. The topological polar surface area (TPSA) is 78.1 Å². The second kappa shape index (κ2) is 33.8. The number of rotatable bonds is 9. The molecule has 0 aliphatic carbocycles. The van der Waals surface area contributed by atoms with Gasteiger partial charge in [0.1, 0.15) is 33.5 Å². The molecule has 0 aliphatic rings. The van der Waals surface area contributed by atoms with Crippen LogP contribution in [0, 0.1) is 0 Å². The summed E-state index contributed by atoms with van der Waals surface area (Å²) in [6.45, 7) is 0. The van der Waals surface area contributed by atoms with E-state index in [1.165, 1.54) is 146 Å². The van der Waals surface area contributed by atoms with Crippen molar-refractivity contribution in [3.05, 3.63) is 504 Å². The Labute approximate surface area is 832 Å². The number of hydrogen-bond donors (Lipinski definition) is 0. The van der Waals surface area contributed by atoms with Crippen LogP contribution in [-0.2, 0) is 0 Å². The van der Waals surface area contributed by atoms with Gasteiger partial charge in [0.05, 0.1) is 33.6 Å². The third-order valence-electron chi connectivity index (χ3n) is 29.8. The van der Waals surface area contributed by atoms with Crippen molar-refractivity contribution in [2.75, 3.05) is 0 Å². The summed E-state index contributed by atoms with van der Waals surface area (Å²) < 4.78 is 20.0. The Morgan fingerprint density at radius 3 is 0.821 bits per heavy atom. The van der Waals surface area contributed by atoms with Crippen LogP contribution in [0.25, 0.3) is 307 Å². The van der Waals surface area contributed by atoms with Crippen LogP contribution in [0.5, 0.6) is 0 Å². The van der Waals surface area contributed by atoms with Crippen molar-refractivity contribution in [2.45, 2.75) is 0 Å². The molecule has 31 aromatic rings. The smallest absolute Gasteiger partial charge is 0.143 e. The zero-order valence-electron chi connectivity index (χ0n) is 78.5. The Hall–Kier alpha value is -19.3. The fraction of sp³-hybridized carbons (Fsp3) is 0. The monoisotopic (exact) mass is 1840 g/mol. The van der Waals surface area contributed by atoms with Crippen LogP contribution in [-0.4, -0.2) is 15.0 Å². The van der Waals surface area contributed by atoms with Crippen LogP contribution in [0.2, 0.25) is 0 Å². The van der Waals surface area contributed by atoms with E-state index in [0.29, 0.717) is 0 Å². The van der Waals surface area contributed by atoms with Gasteiger partial charge >= 0.3 is 0 Å². The lowest BCUT2D eigenvalue weighted by molar-refractivity contribution is 0.670. The van der Waals surface area contributed by atoms with Gasteiger partial charge in [-0.05, 0) is 204 Å². The van der Waals surface area contributed by atoms with E-state index in [9.17, 15) is 0 Å². The zero-order chi connectivity index (χ0) is 95.3. The van der Waals surface area contributed by atoms with Gasteiger partial charge in [-0.2, -0.15) is 0 Å². The van der Waals surface area contributed by atoms with Gasteiger partial charge in [-0.25, -0.2) is 15.0 Å².